The first kappa shape index (κ1) is 16.6. The van der Waals surface area contributed by atoms with E-state index in [-0.39, 0.29) is 5.82 Å². The van der Waals surface area contributed by atoms with Crippen LogP contribution in [-0.2, 0) is 17.9 Å². The van der Waals surface area contributed by atoms with Crippen molar-refractivity contribution in [3.05, 3.63) is 58.4 Å². The molecular weight excluding hydrogens is 343 g/mol. The maximum absolute atomic E-state index is 13.1. The number of hydrogen-bond donors (Lipinski definition) is 1. The van der Waals surface area contributed by atoms with Gasteiger partial charge in [-0.1, -0.05) is 11.6 Å². The minimum atomic E-state index is -0.192. The summed E-state index contributed by atoms with van der Waals surface area (Å²) in [5, 5.41) is 0.729. The van der Waals surface area contributed by atoms with E-state index in [1.807, 2.05) is 24.3 Å². The summed E-state index contributed by atoms with van der Waals surface area (Å²) in [7, 11) is 0. The third kappa shape index (κ3) is 3.73. The second-order valence-corrected chi connectivity index (χ2v) is 6.99. The Morgan fingerprint density at radius 3 is 2.64 bits per heavy atom. The van der Waals surface area contributed by atoms with Crippen molar-refractivity contribution in [1.82, 2.24) is 0 Å². The smallest absolute Gasteiger partial charge is 0.189 e. The van der Waals surface area contributed by atoms with Crippen molar-refractivity contribution < 1.29 is 18.8 Å². The molecule has 6 heteroatoms. The van der Waals surface area contributed by atoms with Gasteiger partial charge >= 0.3 is 0 Å². The van der Waals surface area contributed by atoms with Crippen molar-refractivity contribution in [2.75, 3.05) is 37.9 Å². The zero-order valence-electron chi connectivity index (χ0n) is 13.9. The molecule has 2 aliphatic rings. The fourth-order valence-electron chi connectivity index (χ4n) is 3.57. The first-order valence-corrected chi connectivity index (χ1v) is 8.93. The molecule has 0 aromatic heterocycles. The van der Waals surface area contributed by atoms with Gasteiger partial charge in [0.15, 0.2) is 6.79 Å². The van der Waals surface area contributed by atoms with Crippen molar-refractivity contribution in [2.45, 2.75) is 13.2 Å². The van der Waals surface area contributed by atoms with Crippen LogP contribution in [0.1, 0.15) is 11.1 Å². The summed E-state index contributed by atoms with van der Waals surface area (Å²) in [4.78, 5) is 3.80. The lowest BCUT2D eigenvalue weighted by Crippen LogP contribution is -3.13. The number of nitrogens with one attached hydrogen (secondary N) is 1. The minimum Gasteiger partial charge on any atom is -0.467 e. The summed E-state index contributed by atoms with van der Waals surface area (Å²) in [6.45, 7) is 5.69. The van der Waals surface area contributed by atoms with Gasteiger partial charge in [0.25, 0.3) is 0 Å². The molecule has 25 heavy (non-hydrogen) atoms. The summed E-state index contributed by atoms with van der Waals surface area (Å²) < 4.78 is 24.1. The van der Waals surface area contributed by atoms with Gasteiger partial charge in [0.1, 0.15) is 18.1 Å². The van der Waals surface area contributed by atoms with Gasteiger partial charge in [0, 0.05) is 16.3 Å². The highest BCUT2D eigenvalue weighted by molar-refractivity contribution is 6.30. The van der Waals surface area contributed by atoms with E-state index in [4.69, 9.17) is 21.1 Å². The van der Waals surface area contributed by atoms with Crippen LogP contribution in [0, 0.1) is 5.82 Å². The van der Waals surface area contributed by atoms with Gasteiger partial charge in [-0.05, 0) is 36.4 Å². The van der Waals surface area contributed by atoms with Crippen LogP contribution in [0.5, 0.6) is 5.75 Å². The van der Waals surface area contributed by atoms with Crippen LogP contribution in [-0.4, -0.2) is 33.0 Å². The number of nitrogens with zero attached hydrogens (tertiary/aromatic N) is 1. The molecule has 1 saturated heterocycles. The van der Waals surface area contributed by atoms with Crippen molar-refractivity contribution in [3.8, 4) is 5.75 Å². The number of rotatable bonds is 3. The number of hydrogen-bond acceptors (Lipinski definition) is 3. The van der Waals surface area contributed by atoms with E-state index in [0.717, 1.165) is 60.3 Å². The Labute approximate surface area is 151 Å². The van der Waals surface area contributed by atoms with E-state index in [1.165, 1.54) is 17.0 Å². The number of piperazine rings is 1. The number of quaternary nitrogens is 1. The summed E-state index contributed by atoms with van der Waals surface area (Å²) >= 11 is 6.26. The van der Waals surface area contributed by atoms with Gasteiger partial charge in [-0.15, -0.1) is 0 Å². The second kappa shape index (κ2) is 7.20. The van der Waals surface area contributed by atoms with Crippen molar-refractivity contribution in [1.29, 1.82) is 0 Å². The third-order valence-corrected chi connectivity index (χ3v) is 5.07. The minimum absolute atomic E-state index is 0.192. The Morgan fingerprint density at radius 2 is 1.88 bits per heavy atom. The van der Waals surface area contributed by atoms with Gasteiger partial charge in [-0.25, -0.2) is 4.39 Å². The molecule has 0 bridgehead atoms. The Kier molecular flexibility index (Phi) is 4.79. The lowest BCUT2D eigenvalue weighted by atomic mass is 10.1. The Bertz CT molecular complexity index is 746. The number of anilines is 1. The zero-order valence-corrected chi connectivity index (χ0v) is 14.7. The highest BCUT2D eigenvalue weighted by Crippen LogP contribution is 2.31. The first-order valence-electron chi connectivity index (χ1n) is 8.55. The zero-order chi connectivity index (χ0) is 17.2. The van der Waals surface area contributed by atoms with E-state index >= 15 is 0 Å². The molecule has 0 aliphatic carbocycles. The largest absolute Gasteiger partial charge is 0.467 e. The molecule has 0 spiro atoms. The van der Waals surface area contributed by atoms with Crippen LogP contribution in [0.4, 0.5) is 10.1 Å². The van der Waals surface area contributed by atoms with Crippen molar-refractivity contribution in [2.24, 2.45) is 0 Å². The maximum Gasteiger partial charge on any atom is 0.189 e. The third-order valence-electron chi connectivity index (χ3n) is 4.85. The topological polar surface area (TPSA) is 26.1 Å². The Balaban J connectivity index is 1.42. The van der Waals surface area contributed by atoms with E-state index < -0.39 is 0 Å². The monoisotopic (exact) mass is 363 g/mol. The Hall–Kier alpha value is -1.82. The van der Waals surface area contributed by atoms with Gasteiger partial charge in [-0.2, -0.15) is 0 Å². The molecule has 2 aliphatic heterocycles. The van der Waals surface area contributed by atoms with E-state index in [2.05, 4.69) is 4.90 Å². The summed E-state index contributed by atoms with van der Waals surface area (Å²) in [5.41, 5.74) is 3.26. The molecule has 4 rings (SSSR count). The summed E-state index contributed by atoms with van der Waals surface area (Å²) in [6.07, 6.45) is 0. The van der Waals surface area contributed by atoms with Crippen LogP contribution in [0.15, 0.2) is 36.4 Å². The average molecular weight is 364 g/mol. The Morgan fingerprint density at radius 1 is 1.12 bits per heavy atom. The van der Waals surface area contributed by atoms with Crippen LogP contribution in [0.25, 0.3) is 0 Å². The standard InChI is InChI=1S/C19H20ClFN2O2/c20-16-9-14(19-15(10-16)12-24-13-25-19)11-22-5-7-23(8-6-22)18-3-1-17(21)2-4-18/h1-4,9-10H,5-8,11-13H2/p+1. The average Bonchev–Trinajstić information content (AvgIpc) is 2.63. The van der Waals surface area contributed by atoms with Gasteiger partial charge in [0.05, 0.1) is 38.3 Å². The lowest BCUT2D eigenvalue weighted by molar-refractivity contribution is -0.914. The maximum atomic E-state index is 13.1. The number of halogens is 2. The molecule has 2 aromatic rings. The molecule has 2 aromatic carbocycles. The SMILES string of the molecule is Fc1ccc(N2CC[NH+](Cc3cc(Cl)cc4c3OCOC4)CC2)cc1. The molecule has 132 valence electrons. The molecule has 0 radical (unpaired) electrons. The number of ether oxygens (including phenoxy) is 2. The van der Waals surface area contributed by atoms with E-state index in [0.29, 0.717) is 13.4 Å². The molecule has 1 fully saturated rings. The molecule has 0 saturated carbocycles. The molecule has 1 N–H and O–H groups in total. The fraction of sp³-hybridized carbons (Fsp3) is 0.368. The van der Waals surface area contributed by atoms with Crippen molar-refractivity contribution >= 4 is 17.3 Å². The normalized spacial score (nSPS) is 17.9. The van der Waals surface area contributed by atoms with Crippen LogP contribution in [0.3, 0.4) is 0 Å². The predicted molar refractivity (Wildman–Crippen MR) is 94.7 cm³/mol. The van der Waals surface area contributed by atoms with Gasteiger partial charge in [0.2, 0.25) is 0 Å². The molecule has 0 amide bonds. The summed E-state index contributed by atoms with van der Waals surface area (Å²) in [6, 6.07) is 10.7. The van der Waals surface area contributed by atoms with E-state index in [1.54, 1.807) is 0 Å². The van der Waals surface area contributed by atoms with Gasteiger partial charge < -0.3 is 19.3 Å². The van der Waals surface area contributed by atoms with Crippen LogP contribution in [0.2, 0.25) is 5.02 Å². The van der Waals surface area contributed by atoms with Crippen LogP contribution >= 0.6 is 11.6 Å². The number of benzene rings is 2. The molecule has 0 unspecified atom stereocenters. The van der Waals surface area contributed by atoms with Gasteiger partial charge in [-0.3, -0.25) is 0 Å². The second-order valence-electron chi connectivity index (χ2n) is 6.55. The fourth-order valence-corrected chi connectivity index (χ4v) is 3.83. The first-order chi connectivity index (χ1) is 12.2. The lowest BCUT2D eigenvalue weighted by Gasteiger charge is -2.34. The molecular formula is C19H21ClFN2O2+. The predicted octanol–water partition coefficient (Wildman–Crippen LogP) is 2.25. The quantitative estimate of drug-likeness (QED) is 0.906. The molecule has 4 nitrogen and oxygen atoms in total. The highest BCUT2D eigenvalue weighted by Gasteiger charge is 2.24. The highest BCUT2D eigenvalue weighted by atomic mass is 35.5. The van der Waals surface area contributed by atoms with Crippen molar-refractivity contribution in [3.63, 3.8) is 0 Å². The number of fused-ring (bicyclic) bond motifs is 1. The molecule has 0 atom stereocenters. The molecule has 2 heterocycles. The van der Waals surface area contributed by atoms with Crippen LogP contribution < -0.4 is 14.5 Å². The summed E-state index contributed by atoms with van der Waals surface area (Å²) in [5.74, 6) is 0.742. The van der Waals surface area contributed by atoms with E-state index in [9.17, 15) is 4.39 Å².